The van der Waals surface area contributed by atoms with Crippen LogP contribution >= 0.6 is 0 Å². The van der Waals surface area contributed by atoms with Crippen molar-refractivity contribution in [3.63, 3.8) is 0 Å². The molecular weight excluding hydrogens is 428 g/mol. The Bertz CT molecular complexity index is 1510. The molecule has 1 aliphatic rings. The topological polar surface area (TPSA) is 73.9 Å². The first-order chi connectivity index (χ1) is 16.1. The number of pyridine rings is 1. The second kappa shape index (κ2) is 7.51. The number of imidazole rings is 1. The number of aromatic nitrogens is 6. The molecule has 1 fully saturated rings. The smallest absolute Gasteiger partial charge is 0.241 e. The number of nitrogens with zero attached hydrogens (tertiary/aromatic N) is 7. The van der Waals surface area contributed by atoms with Crippen molar-refractivity contribution in [2.24, 2.45) is 0 Å². The van der Waals surface area contributed by atoms with Crippen LogP contribution in [0.15, 0.2) is 49.1 Å². The summed E-state index contributed by atoms with van der Waals surface area (Å²) in [4.78, 5) is 19.9. The van der Waals surface area contributed by atoms with E-state index in [-0.39, 0.29) is 12.1 Å². The lowest BCUT2D eigenvalue weighted by atomic mass is 10.2. The summed E-state index contributed by atoms with van der Waals surface area (Å²) in [6.07, 6.45) is 6.10. The van der Waals surface area contributed by atoms with Crippen LogP contribution in [0.25, 0.3) is 27.9 Å². The van der Waals surface area contributed by atoms with E-state index in [1.54, 1.807) is 13.3 Å². The second-order valence-corrected chi connectivity index (χ2v) is 7.91. The number of methoxy groups -OCH3 is 1. The fraction of sp³-hybridized carbons (Fsp3) is 0.217. The summed E-state index contributed by atoms with van der Waals surface area (Å²) in [6.45, 7) is 1.85. The van der Waals surface area contributed by atoms with E-state index < -0.39 is 11.6 Å². The van der Waals surface area contributed by atoms with Gasteiger partial charge in [-0.2, -0.15) is 9.97 Å². The van der Waals surface area contributed by atoms with Gasteiger partial charge in [-0.15, -0.1) is 0 Å². The van der Waals surface area contributed by atoms with Crippen molar-refractivity contribution in [2.45, 2.75) is 13.0 Å². The standard InChI is InChI=1S/C23H19F2N7O/c1-33-22-20-18(27-13-28-22)5-8-31(20)16-10-19-21(26-11-16)29-23(30-6-2-7-30)32(19)12-14-9-15(24)3-4-17(14)25/h3-5,8-11,13H,2,6-7,12H2,1H3. The molecule has 5 aromatic rings. The Balaban J connectivity index is 1.53. The van der Waals surface area contributed by atoms with Crippen LogP contribution in [0.5, 0.6) is 5.88 Å². The maximum absolute atomic E-state index is 14.5. The first-order valence-corrected chi connectivity index (χ1v) is 10.5. The molecule has 0 spiro atoms. The largest absolute Gasteiger partial charge is 0.479 e. The van der Waals surface area contributed by atoms with E-state index in [1.807, 2.05) is 27.5 Å². The van der Waals surface area contributed by atoms with Gasteiger partial charge in [-0.05, 0) is 36.8 Å². The normalized spacial score (nSPS) is 13.6. The zero-order chi connectivity index (χ0) is 22.5. The van der Waals surface area contributed by atoms with Crippen LogP contribution < -0.4 is 9.64 Å². The molecule has 0 unspecified atom stereocenters. The Morgan fingerprint density at radius 1 is 1.06 bits per heavy atom. The Labute approximate surface area is 187 Å². The molecule has 0 N–H and O–H groups in total. The minimum atomic E-state index is -0.481. The van der Waals surface area contributed by atoms with Gasteiger partial charge in [0, 0.05) is 24.8 Å². The highest BCUT2D eigenvalue weighted by Gasteiger charge is 2.24. The zero-order valence-corrected chi connectivity index (χ0v) is 17.7. The Morgan fingerprint density at radius 3 is 2.73 bits per heavy atom. The minimum absolute atomic E-state index is 0.135. The summed E-state index contributed by atoms with van der Waals surface area (Å²) in [6, 6.07) is 7.29. The lowest BCUT2D eigenvalue weighted by Crippen LogP contribution is -2.39. The molecule has 0 aliphatic carbocycles. The molecule has 0 radical (unpaired) electrons. The molecule has 33 heavy (non-hydrogen) atoms. The van der Waals surface area contributed by atoms with Gasteiger partial charge in [-0.25, -0.2) is 18.7 Å². The monoisotopic (exact) mass is 447 g/mol. The fourth-order valence-electron chi connectivity index (χ4n) is 4.17. The van der Waals surface area contributed by atoms with Crippen molar-refractivity contribution in [1.82, 2.24) is 29.1 Å². The SMILES string of the molecule is COc1ncnc2ccn(-c3cnc4nc(N5CCC5)n(Cc5cc(F)ccc5F)c4c3)c12. The molecular formula is C23H19F2N7O. The van der Waals surface area contributed by atoms with Crippen molar-refractivity contribution in [3.8, 4) is 11.6 Å². The molecule has 1 aliphatic heterocycles. The number of halogens is 2. The summed E-state index contributed by atoms with van der Waals surface area (Å²) >= 11 is 0. The van der Waals surface area contributed by atoms with E-state index in [2.05, 4.69) is 19.9 Å². The van der Waals surface area contributed by atoms with Crippen molar-refractivity contribution in [2.75, 3.05) is 25.1 Å². The third kappa shape index (κ3) is 3.17. The lowest BCUT2D eigenvalue weighted by molar-refractivity contribution is 0.401. The molecule has 1 saturated heterocycles. The second-order valence-electron chi connectivity index (χ2n) is 7.91. The molecule has 4 aromatic heterocycles. The highest BCUT2D eigenvalue weighted by atomic mass is 19.1. The van der Waals surface area contributed by atoms with E-state index in [1.165, 1.54) is 12.4 Å². The third-order valence-corrected chi connectivity index (χ3v) is 5.96. The van der Waals surface area contributed by atoms with Crippen molar-refractivity contribution in [3.05, 3.63) is 66.3 Å². The first-order valence-electron chi connectivity index (χ1n) is 10.5. The third-order valence-electron chi connectivity index (χ3n) is 5.96. The van der Waals surface area contributed by atoms with Crippen LogP contribution in [0.4, 0.5) is 14.7 Å². The molecule has 10 heteroatoms. The Morgan fingerprint density at radius 2 is 1.94 bits per heavy atom. The van der Waals surface area contributed by atoms with E-state index in [0.29, 0.717) is 23.0 Å². The minimum Gasteiger partial charge on any atom is -0.479 e. The number of hydrogen-bond acceptors (Lipinski definition) is 6. The van der Waals surface area contributed by atoms with Crippen molar-refractivity contribution in [1.29, 1.82) is 0 Å². The van der Waals surface area contributed by atoms with Gasteiger partial charge in [0.25, 0.3) is 0 Å². The number of rotatable bonds is 5. The number of anilines is 1. The highest BCUT2D eigenvalue weighted by molar-refractivity contribution is 5.84. The van der Waals surface area contributed by atoms with Crippen molar-refractivity contribution < 1.29 is 13.5 Å². The molecule has 1 aromatic carbocycles. The molecule has 0 saturated carbocycles. The number of benzene rings is 1. The van der Waals surface area contributed by atoms with Crippen LogP contribution in [0.2, 0.25) is 0 Å². The molecule has 166 valence electrons. The van der Waals surface area contributed by atoms with E-state index in [0.717, 1.165) is 48.4 Å². The van der Waals surface area contributed by atoms with Gasteiger partial charge in [-0.1, -0.05) is 0 Å². The molecule has 6 rings (SSSR count). The maximum atomic E-state index is 14.5. The zero-order valence-electron chi connectivity index (χ0n) is 17.7. The van der Waals surface area contributed by atoms with Gasteiger partial charge in [0.15, 0.2) is 5.65 Å². The van der Waals surface area contributed by atoms with Crippen LogP contribution in [-0.2, 0) is 6.54 Å². The average Bonchev–Trinajstić information content (AvgIpc) is 3.37. The maximum Gasteiger partial charge on any atom is 0.241 e. The summed E-state index contributed by atoms with van der Waals surface area (Å²) in [5.41, 5.74) is 3.71. The van der Waals surface area contributed by atoms with Crippen LogP contribution in [0.3, 0.4) is 0 Å². The van der Waals surface area contributed by atoms with Gasteiger partial charge >= 0.3 is 0 Å². The summed E-state index contributed by atoms with van der Waals surface area (Å²) in [5, 5.41) is 0. The van der Waals surface area contributed by atoms with Gasteiger partial charge in [0.05, 0.1) is 36.6 Å². The highest BCUT2D eigenvalue weighted by Crippen LogP contribution is 2.30. The van der Waals surface area contributed by atoms with Gasteiger partial charge in [0.2, 0.25) is 11.8 Å². The summed E-state index contributed by atoms with van der Waals surface area (Å²) < 4.78 is 37.6. The van der Waals surface area contributed by atoms with E-state index in [4.69, 9.17) is 9.72 Å². The molecule has 0 amide bonds. The first kappa shape index (κ1) is 19.6. The fourth-order valence-corrected chi connectivity index (χ4v) is 4.17. The number of hydrogen-bond donors (Lipinski definition) is 0. The van der Waals surface area contributed by atoms with Crippen LogP contribution in [-0.4, -0.2) is 49.3 Å². The Kier molecular flexibility index (Phi) is 4.46. The van der Waals surface area contributed by atoms with E-state index in [9.17, 15) is 8.78 Å². The number of fused-ring (bicyclic) bond motifs is 2. The quantitative estimate of drug-likeness (QED) is 0.409. The molecule has 5 heterocycles. The predicted molar refractivity (Wildman–Crippen MR) is 119 cm³/mol. The van der Waals surface area contributed by atoms with Gasteiger partial charge in [0.1, 0.15) is 23.5 Å². The van der Waals surface area contributed by atoms with Gasteiger partial charge in [-0.3, -0.25) is 0 Å². The number of ether oxygens (including phenoxy) is 1. The lowest BCUT2D eigenvalue weighted by Gasteiger charge is -2.32. The summed E-state index contributed by atoms with van der Waals surface area (Å²) in [7, 11) is 1.56. The van der Waals surface area contributed by atoms with Gasteiger partial charge < -0.3 is 18.8 Å². The van der Waals surface area contributed by atoms with Crippen molar-refractivity contribution >= 4 is 28.1 Å². The molecule has 0 atom stereocenters. The predicted octanol–water partition coefficient (Wildman–Crippen LogP) is 3.71. The molecule has 8 nitrogen and oxygen atoms in total. The van der Waals surface area contributed by atoms with Crippen LogP contribution in [0, 0.1) is 11.6 Å². The average molecular weight is 447 g/mol. The molecule has 0 bridgehead atoms. The Hall–Kier alpha value is -4.08. The van der Waals surface area contributed by atoms with E-state index >= 15 is 0 Å². The van der Waals surface area contributed by atoms with Crippen LogP contribution in [0.1, 0.15) is 12.0 Å². The summed E-state index contributed by atoms with van der Waals surface area (Å²) in [5.74, 6) is 0.200.